The third-order valence-corrected chi connectivity index (χ3v) is 3.07. The normalized spacial score (nSPS) is 10.8. The van der Waals surface area contributed by atoms with Gasteiger partial charge in [0.05, 0.1) is 5.56 Å². The summed E-state index contributed by atoms with van der Waals surface area (Å²) in [4.78, 5) is 14.1. The lowest BCUT2D eigenvalue weighted by Gasteiger charge is -2.19. The first-order chi connectivity index (χ1) is 9.08. The van der Waals surface area contributed by atoms with Gasteiger partial charge in [-0.3, -0.25) is 4.79 Å². The Hall–Kier alpha value is -1.42. The molecule has 0 spiro atoms. The number of nitrogens with zero attached hydrogens (tertiary/aromatic N) is 1. The van der Waals surface area contributed by atoms with Crippen LogP contribution in [-0.4, -0.2) is 37.0 Å². The van der Waals surface area contributed by atoms with Crippen LogP contribution in [0.25, 0.3) is 0 Å². The van der Waals surface area contributed by atoms with Crippen molar-refractivity contribution >= 4 is 5.91 Å². The number of aryl methyl sites for hydroxylation is 1. The third-order valence-electron chi connectivity index (χ3n) is 3.07. The molecule has 0 radical (unpaired) electrons. The number of rotatable bonds is 7. The summed E-state index contributed by atoms with van der Waals surface area (Å²) >= 11 is 0. The Morgan fingerprint density at radius 1 is 1.32 bits per heavy atom. The Labute approximate surface area is 114 Å². The van der Waals surface area contributed by atoms with Gasteiger partial charge < -0.3 is 10.2 Å². The van der Waals surface area contributed by atoms with E-state index in [2.05, 4.69) is 24.1 Å². The molecule has 0 saturated heterocycles. The molecule has 0 aliphatic rings. The van der Waals surface area contributed by atoms with Crippen LogP contribution < -0.4 is 5.32 Å². The van der Waals surface area contributed by atoms with E-state index in [-0.39, 0.29) is 11.5 Å². The van der Waals surface area contributed by atoms with Gasteiger partial charge in [-0.25, -0.2) is 4.39 Å². The van der Waals surface area contributed by atoms with Gasteiger partial charge in [0.2, 0.25) is 0 Å². The number of carbonyl (C=O) groups excluding carboxylic acids is 1. The summed E-state index contributed by atoms with van der Waals surface area (Å²) < 4.78 is 13.6. The van der Waals surface area contributed by atoms with Gasteiger partial charge in [-0.2, -0.15) is 0 Å². The molecule has 19 heavy (non-hydrogen) atoms. The first kappa shape index (κ1) is 15.6. The zero-order valence-electron chi connectivity index (χ0n) is 12.0. The van der Waals surface area contributed by atoms with Crippen molar-refractivity contribution in [1.82, 2.24) is 10.2 Å². The highest BCUT2D eigenvalue weighted by molar-refractivity contribution is 5.94. The Bertz CT molecular complexity index is 421. The minimum atomic E-state index is -0.460. The largest absolute Gasteiger partial charge is 0.351 e. The van der Waals surface area contributed by atoms with Crippen LogP contribution in [0.15, 0.2) is 18.2 Å². The summed E-state index contributed by atoms with van der Waals surface area (Å²) in [5.74, 6) is -0.802. The van der Waals surface area contributed by atoms with Crippen molar-refractivity contribution in [2.75, 3.05) is 26.2 Å². The number of nitrogens with one attached hydrogen (secondary N) is 1. The van der Waals surface area contributed by atoms with E-state index in [9.17, 15) is 9.18 Å². The second-order valence-electron chi connectivity index (χ2n) is 4.67. The molecule has 0 unspecified atom stereocenters. The van der Waals surface area contributed by atoms with Gasteiger partial charge in [0.15, 0.2) is 0 Å². The minimum absolute atomic E-state index is 0.115. The Balaban J connectivity index is 2.47. The fourth-order valence-corrected chi connectivity index (χ4v) is 1.97. The third kappa shape index (κ3) is 4.99. The number of likely N-dealkylation sites (N-methyl/N-ethyl adjacent to an activating group) is 1. The summed E-state index contributed by atoms with van der Waals surface area (Å²) in [7, 11) is 0. The Morgan fingerprint density at radius 2 is 2.05 bits per heavy atom. The van der Waals surface area contributed by atoms with E-state index in [0.29, 0.717) is 6.54 Å². The second-order valence-corrected chi connectivity index (χ2v) is 4.67. The Morgan fingerprint density at radius 3 is 2.63 bits per heavy atom. The minimum Gasteiger partial charge on any atom is -0.351 e. The zero-order chi connectivity index (χ0) is 14.3. The fourth-order valence-electron chi connectivity index (χ4n) is 1.97. The summed E-state index contributed by atoms with van der Waals surface area (Å²) in [6.45, 7) is 9.34. The van der Waals surface area contributed by atoms with Crippen LogP contribution in [0.1, 0.15) is 36.2 Å². The highest BCUT2D eigenvalue weighted by atomic mass is 19.1. The fraction of sp³-hybridized carbons (Fsp3) is 0.533. The lowest BCUT2D eigenvalue weighted by Crippen LogP contribution is -2.35. The summed E-state index contributed by atoms with van der Waals surface area (Å²) in [5, 5.41) is 2.76. The monoisotopic (exact) mass is 266 g/mol. The molecular weight excluding hydrogens is 243 g/mol. The quantitative estimate of drug-likeness (QED) is 0.822. The number of amides is 1. The van der Waals surface area contributed by atoms with E-state index >= 15 is 0 Å². The van der Waals surface area contributed by atoms with Crippen LogP contribution in [0.2, 0.25) is 0 Å². The Kier molecular flexibility index (Phi) is 6.50. The summed E-state index contributed by atoms with van der Waals surface area (Å²) in [5.41, 5.74) is 0.929. The number of halogens is 1. The molecule has 0 saturated carbocycles. The lowest BCUT2D eigenvalue weighted by atomic mass is 10.1. The smallest absolute Gasteiger partial charge is 0.254 e. The molecule has 1 aromatic rings. The van der Waals surface area contributed by atoms with Crippen LogP contribution in [0.5, 0.6) is 0 Å². The molecule has 1 rings (SSSR count). The van der Waals surface area contributed by atoms with Crippen LogP contribution in [-0.2, 0) is 0 Å². The van der Waals surface area contributed by atoms with Crippen molar-refractivity contribution in [2.45, 2.75) is 27.2 Å². The maximum absolute atomic E-state index is 13.6. The van der Waals surface area contributed by atoms with Crippen molar-refractivity contribution in [1.29, 1.82) is 0 Å². The van der Waals surface area contributed by atoms with Gasteiger partial charge in [-0.1, -0.05) is 19.9 Å². The zero-order valence-corrected chi connectivity index (χ0v) is 12.0. The highest BCUT2D eigenvalue weighted by Gasteiger charge is 2.11. The van der Waals surface area contributed by atoms with E-state index in [4.69, 9.17) is 0 Å². The van der Waals surface area contributed by atoms with Crippen molar-refractivity contribution < 1.29 is 9.18 Å². The molecule has 1 amide bonds. The van der Waals surface area contributed by atoms with Gasteiger partial charge in [-0.15, -0.1) is 0 Å². The number of hydrogen-bond acceptors (Lipinski definition) is 2. The summed E-state index contributed by atoms with van der Waals surface area (Å²) in [6, 6.07) is 4.65. The van der Waals surface area contributed by atoms with E-state index in [1.54, 1.807) is 13.0 Å². The molecule has 1 aromatic carbocycles. The molecule has 0 bridgehead atoms. The number of hydrogen-bond donors (Lipinski definition) is 1. The molecule has 1 N–H and O–H groups in total. The van der Waals surface area contributed by atoms with Crippen LogP contribution in [0.4, 0.5) is 4.39 Å². The van der Waals surface area contributed by atoms with E-state index in [1.165, 1.54) is 12.1 Å². The van der Waals surface area contributed by atoms with Crippen LogP contribution >= 0.6 is 0 Å². The molecule has 0 aliphatic carbocycles. The van der Waals surface area contributed by atoms with Crippen molar-refractivity contribution in [3.63, 3.8) is 0 Å². The van der Waals surface area contributed by atoms with E-state index in [0.717, 1.165) is 31.6 Å². The van der Waals surface area contributed by atoms with Crippen molar-refractivity contribution in [3.05, 3.63) is 35.1 Å². The predicted octanol–water partition coefficient (Wildman–Crippen LogP) is 2.60. The van der Waals surface area contributed by atoms with Gasteiger partial charge in [0.25, 0.3) is 5.91 Å². The summed E-state index contributed by atoms with van der Waals surface area (Å²) in [6.07, 6.45) is 1.09. The first-order valence-electron chi connectivity index (χ1n) is 6.85. The first-order valence-corrected chi connectivity index (χ1v) is 6.85. The van der Waals surface area contributed by atoms with Gasteiger partial charge in [0, 0.05) is 13.1 Å². The van der Waals surface area contributed by atoms with Crippen molar-refractivity contribution in [2.24, 2.45) is 0 Å². The van der Waals surface area contributed by atoms with Crippen molar-refractivity contribution in [3.8, 4) is 0 Å². The predicted molar refractivity (Wildman–Crippen MR) is 75.9 cm³/mol. The number of benzene rings is 1. The van der Waals surface area contributed by atoms with Gasteiger partial charge >= 0.3 is 0 Å². The average molecular weight is 266 g/mol. The van der Waals surface area contributed by atoms with Crippen LogP contribution in [0.3, 0.4) is 0 Å². The maximum Gasteiger partial charge on any atom is 0.254 e. The second kappa shape index (κ2) is 7.89. The number of carbonyl (C=O) groups is 1. The molecule has 106 valence electrons. The topological polar surface area (TPSA) is 32.3 Å². The molecule has 0 fully saturated rings. The lowest BCUT2D eigenvalue weighted by molar-refractivity contribution is 0.0944. The molecule has 3 nitrogen and oxygen atoms in total. The van der Waals surface area contributed by atoms with E-state index in [1.807, 2.05) is 0 Å². The molecule has 0 heterocycles. The molecular formula is C15H23FN2O. The highest BCUT2D eigenvalue weighted by Crippen LogP contribution is 2.09. The average Bonchev–Trinajstić information content (AvgIpc) is 2.37. The molecule has 4 heteroatoms. The van der Waals surface area contributed by atoms with Gasteiger partial charge in [-0.05, 0) is 44.1 Å². The standard InChI is InChI=1S/C15H23FN2O/c1-4-9-18(5-2)10-8-17-15(19)13-7-6-12(3)11-14(13)16/h6-7,11H,4-5,8-10H2,1-3H3,(H,17,19). The van der Waals surface area contributed by atoms with Gasteiger partial charge in [0.1, 0.15) is 5.82 Å². The molecule has 0 aliphatic heterocycles. The van der Waals surface area contributed by atoms with E-state index < -0.39 is 5.82 Å². The molecule has 0 aromatic heterocycles. The maximum atomic E-state index is 13.6. The van der Waals surface area contributed by atoms with Crippen LogP contribution in [0, 0.1) is 12.7 Å². The SMILES string of the molecule is CCCN(CC)CCNC(=O)c1ccc(C)cc1F. The molecule has 0 atom stereocenters.